The molecule has 0 unspecified atom stereocenters. The number of aliphatic hydroxyl groups is 1. The highest BCUT2D eigenvalue weighted by Gasteiger charge is 2.25. The lowest BCUT2D eigenvalue weighted by molar-refractivity contribution is -0.105. The maximum absolute atomic E-state index is 10.5. The highest BCUT2D eigenvalue weighted by atomic mass is 16.3. The van der Waals surface area contributed by atoms with Crippen LogP contribution in [0, 0.1) is 10.8 Å². The molecule has 22 heavy (non-hydrogen) atoms. The highest BCUT2D eigenvalue weighted by molar-refractivity contribution is 5.74. The zero-order valence-electron chi connectivity index (χ0n) is 15.4. The summed E-state index contributed by atoms with van der Waals surface area (Å²) in [5.41, 5.74) is 5.87. The summed E-state index contributed by atoms with van der Waals surface area (Å²) in [7, 11) is 0. The van der Waals surface area contributed by atoms with Crippen LogP contribution in [0.25, 0.3) is 0 Å². The molecule has 2 rings (SSSR count). The molecule has 2 nitrogen and oxygen atoms in total. The van der Waals surface area contributed by atoms with Gasteiger partial charge in [-0.25, -0.2) is 0 Å². The van der Waals surface area contributed by atoms with E-state index in [1.807, 2.05) is 0 Å². The fraction of sp³-hybridized carbons (Fsp3) is 0.750. The van der Waals surface area contributed by atoms with Gasteiger partial charge in [-0.3, -0.25) is 4.79 Å². The van der Waals surface area contributed by atoms with Gasteiger partial charge in [0.05, 0.1) is 6.61 Å². The minimum absolute atomic E-state index is 0.266. The molecule has 0 saturated heterocycles. The summed E-state index contributed by atoms with van der Waals surface area (Å²) in [4.78, 5) is 10.5. The smallest absolute Gasteiger partial charge is 0.145 e. The molecule has 126 valence electrons. The fourth-order valence-corrected chi connectivity index (χ4v) is 3.61. The fourth-order valence-electron chi connectivity index (χ4n) is 3.61. The van der Waals surface area contributed by atoms with Crippen LogP contribution in [0.4, 0.5) is 0 Å². The molecular weight excluding hydrogens is 272 g/mol. The SMILES string of the molecule is CC1=C(C=O)CCC(C)(C)C1.CC1=C(CO)CCC(C)(C)C1. The third-order valence-corrected chi connectivity index (χ3v) is 5.15. The predicted octanol–water partition coefficient (Wildman–Crippen LogP) is 5.22. The summed E-state index contributed by atoms with van der Waals surface area (Å²) >= 11 is 0. The summed E-state index contributed by atoms with van der Waals surface area (Å²) < 4.78 is 0. The number of allylic oxidation sites excluding steroid dienone is 3. The molecule has 0 saturated carbocycles. The predicted molar refractivity (Wildman–Crippen MR) is 93.8 cm³/mol. The number of hydrogen-bond acceptors (Lipinski definition) is 2. The Kier molecular flexibility index (Phi) is 6.61. The first-order valence-corrected chi connectivity index (χ1v) is 8.52. The Labute approximate surface area is 136 Å². The van der Waals surface area contributed by atoms with Crippen molar-refractivity contribution in [1.29, 1.82) is 0 Å². The van der Waals surface area contributed by atoms with Crippen LogP contribution >= 0.6 is 0 Å². The summed E-state index contributed by atoms with van der Waals surface area (Å²) in [5, 5.41) is 8.97. The van der Waals surface area contributed by atoms with Gasteiger partial charge >= 0.3 is 0 Å². The molecule has 2 heteroatoms. The van der Waals surface area contributed by atoms with Gasteiger partial charge < -0.3 is 5.11 Å². The molecule has 0 aromatic carbocycles. The van der Waals surface area contributed by atoms with E-state index in [2.05, 4.69) is 41.5 Å². The molecule has 0 bridgehead atoms. The summed E-state index contributed by atoms with van der Waals surface area (Å²) in [6.07, 6.45) is 7.70. The van der Waals surface area contributed by atoms with Crippen molar-refractivity contribution in [3.8, 4) is 0 Å². The van der Waals surface area contributed by atoms with Crippen LogP contribution in [0.2, 0.25) is 0 Å². The first kappa shape index (κ1) is 19.2. The van der Waals surface area contributed by atoms with Gasteiger partial charge in [0.1, 0.15) is 6.29 Å². The normalized spacial score (nSPS) is 23.8. The zero-order valence-corrected chi connectivity index (χ0v) is 15.4. The number of carbonyl (C=O) groups is 1. The largest absolute Gasteiger partial charge is 0.392 e. The molecule has 0 fully saturated rings. The van der Waals surface area contributed by atoms with Gasteiger partial charge in [0.25, 0.3) is 0 Å². The van der Waals surface area contributed by atoms with Gasteiger partial charge in [-0.1, -0.05) is 38.8 Å². The third kappa shape index (κ3) is 5.72. The first-order chi connectivity index (χ1) is 10.1. The maximum atomic E-state index is 10.5. The summed E-state index contributed by atoms with van der Waals surface area (Å²) in [6, 6.07) is 0. The molecule has 0 aliphatic heterocycles. The van der Waals surface area contributed by atoms with Crippen LogP contribution in [0.3, 0.4) is 0 Å². The van der Waals surface area contributed by atoms with Crippen LogP contribution in [-0.4, -0.2) is 18.0 Å². The Morgan fingerprint density at radius 3 is 1.86 bits per heavy atom. The topological polar surface area (TPSA) is 37.3 Å². The van der Waals surface area contributed by atoms with Crippen LogP contribution in [-0.2, 0) is 4.79 Å². The highest BCUT2D eigenvalue weighted by Crippen LogP contribution is 2.38. The number of carbonyl (C=O) groups excluding carboxylic acids is 1. The second-order valence-corrected chi connectivity index (χ2v) is 8.65. The molecular formula is C20H34O2. The van der Waals surface area contributed by atoms with Gasteiger partial charge in [-0.2, -0.15) is 0 Å². The van der Waals surface area contributed by atoms with Gasteiger partial charge in [-0.05, 0) is 74.3 Å². The third-order valence-electron chi connectivity index (χ3n) is 5.15. The van der Waals surface area contributed by atoms with Crippen molar-refractivity contribution in [2.75, 3.05) is 6.61 Å². The van der Waals surface area contributed by atoms with Gasteiger partial charge in [0.2, 0.25) is 0 Å². The molecule has 0 spiro atoms. The molecule has 0 amide bonds. The van der Waals surface area contributed by atoms with E-state index in [1.165, 1.54) is 23.1 Å². The molecule has 2 aliphatic rings. The van der Waals surface area contributed by atoms with E-state index < -0.39 is 0 Å². The zero-order chi connectivity index (χ0) is 17.0. The second kappa shape index (κ2) is 7.59. The monoisotopic (exact) mass is 306 g/mol. The van der Waals surface area contributed by atoms with E-state index >= 15 is 0 Å². The van der Waals surface area contributed by atoms with Crippen LogP contribution in [0.1, 0.15) is 80.1 Å². The lowest BCUT2D eigenvalue weighted by Gasteiger charge is -2.31. The second-order valence-electron chi connectivity index (χ2n) is 8.65. The Balaban J connectivity index is 0.000000220. The maximum Gasteiger partial charge on any atom is 0.145 e. The van der Waals surface area contributed by atoms with E-state index in [0.717, 1.165) is 44.0 Å². The standard InChI is InChI=1S/C10H18O.C10H16O/c2*1-8-6-10(2,3)5-4-9(8)7-11/h11H,4-7H2,1-3H3;7H,4-6H2,1-3H3. The lowest BCUT2D eigenvalue weighted by atomic mass is 9.75. The first-order valence-electron chi connectivity index (χ1n) is 8.52. The van der Waals surface area contributed by atoms with Gasteiger partial charge in [0.15, 0.2) is 0 Å². The van der Waals surface area contributed by atoms with E-state index in [-0.39, 0.29) is 6.61 Å². The lowest BCUT2D eigenvalue weighted by Crippen LogP contribution is -2.18. The Bertz CT molecular complexity index is 464. The number of rotatable bonds is 2. The van der Waals surface area contributed by atoms with Crippen molar-refractivity contribution in [3.63, 3.8) is 0 Å². The Morgan fingerprint density at radius 1 is 0.955 bits per heavy atom. The molecule has 2 aliphatic carbocycles. The Hall–Kier alpha value is -0.890. The average molecular weight is 306 g/mol. The van der Waals surface area contributed by atoms with E-state index in [9.17, 15) is 4.79 Å². The summed E-state index contributed by atoms with van der Waals surface area (Å²) in [6.45, 7) is 13.6. The van der Waals surface area contributed by atoms with E-state index in [1.54, 1.807) is 0 Å². The van der Waals surface area contributed by atoms with Crippen LogP contribution < -0.4 is 0 Å². The van der Waals surface area contributed by atoms with Gasteiger partial charge in [0, 0.05) is 0 Å². The molecule has 0 heterocycles. The van der Waals surface area contributed by atoms with E-state index in [4.69, 9.17) is 5.11 Å². The molecule has 0 aromatic rings. The van der Waals surface area contributed by atoms with Crippen LogP contribution in [0.5, 0.6) is 0 Å². The molecule has 0 aromatic heterocycles. The average Bonchev–Trinajstić information content (AvgIpc) is 2.37. The van der Waals surface area contributed by atoms with Gasteiger partial charge in [-0.15, -0.1) is 0 Å². The van der Waals surface area contributed by atoms with Crippen molar-refractivity contribution in [1.82, 2.24) is 0 Å². The van der Waals surface area contributed by atoms with Crippen molar-refractivity contribution >= 4 is 6.29 Å². The van der Waals surface area contributed by atoms with Crippen molar-refractivity contribution in [3.05, 3.63) is 22.3 Å². The minimum Gasteiger partial charge on any atom is -0.392 e. The van der Waals surface area contributed by atoms with Crippen molar-refractivity contribution in [2.45, 2.75) is 80.1 Å². The number of hydrogen-bond donors (Lipinski definition) is 1. The molecule has 0 radical (unpaired) electrons. The van der Waals surface area contributed by atoms with Crippen molar-refractivity contribution < 1.29 is 9.90 Å². The van der Waals surface area contributed by atoms with E-state index in [0.29, 0.717) is 10.8 Å². The van der Waals surface area contributed by atoms with Crippen LogP contribution in [0.15, 0.2) is 22.3 Å². The Morgan fingerprint density at radius 2 is 1.45 bits per heavy atom. The molecule has 1 N–H and O–H groups in total. The quantitative estimate of drug-likeness (QED) is 0.561. The number of aldehydes is 1. The van der Waals surface area contributed by atoms with Crippen molar-refractivity contribution in [2.24, 2.45) is 10.8 Å². The number of aliphatic hydroxyl groups excluding tert-OH is 1. The minimum atomic E-state index is 0.266. The summed E-state index contributed by atoms with van der Waals surface area (Å²) in [5.74, 6) is 0. The molecule has 0 atom stereocenters.